The summed E-state index contributed by atoms with van der Waals surface area (Å²) in [5, 5.41) is 11.9. The second-order valence-corrected chi connectivity index (χ2v) is 3.86. The fourth-order valence-electron chi connectivity index (χ4n) is 1.63. The van der Waals surface area contributed by atoms with Crippen LogP contribution in [0.15, 0.2) is 18.5 Å². The van der Waals surface area contributed by atoms with E-state index in [-0.39, 0.29) is 5.69 Å². The zero-order chi connectivity index (χ0) is 13.1. The van der Waals surface area contributed by atoms with Crippen LogP contribution in [0.5, 0.6) is 0 Å². The van der Waals surface area contributed by atoms with E-state index < -0.39 is 5.97 Å². The summed E-state index contributed by atoms with van der Waals surface area (Å²) in [6, 6.07) is 1.56. The first-order valence-corrected chi connectivity index (χ1v) is 5.61. The van der Waals surface area contributed by atoms with E-state index in [0.717, 1.165) is 23.4 Å². The van der Waals surface area contributed by atoms with E-state index in [9.17, 15) is 4.79 Å². The van der Waals surface area contributed by atoms with Crippen LogP contribution < -0.4 is 5.32 Å². The van der Waals surface area contributed by atoms with Gasteiger partial charge in [-0.2, -0.15) is 0 Å². The molecule has 0 unspecified atom stereocenters. The molecule has 0 bridgehead atoms. The Labute approximate surface area is 104 Å². The molecule has 6 nitrogen and oxygen atoms in total. The molecule has 0 amide bonds. The van der Waals surface area contributed by atoms with Crippen LogP contribution in [0.4, 0.5) is 5.95 Å². The Balaban J connectivity index is 2.41. The summed E-state index contributed by atoms with van der Waals surface area (Å²) in [7, 11) is 0. The molecule has 94 valence electrons. The second-order valence-electron chi connectivity index (χ2n) is 3.86. The summed E-state index contributed by atoms with van der Waals surface area (Å²) < 4.78 is 0. The van der Waals surface area contributed by atoms with E-state index >= 15 is 0 Å². The number of hydrogen-bond acceptors (Lipinski definition) is 4. The lowest BCUT2D eigenvalue weighted by molar-refractivity contribution is 0.0691. The largest absolute Gasteiger partial charge is 0.477 e. The lowest BCUT2D eigenvalue weighted by Crippen LogP contribution is -2.03. The van der Waals surface area contributed by atoms with E-state index in [1.165, 1.54) is 0 Å². The molecule has 3 N–H and O–H groups in total. The summed E-state index contributed by atoms with van der Waals surface area (Å²) in [5.41, 5.74) is 2.51. The lowest BCUT2D eigenvalue weighted by atomic mass is 10.1. The Morgan fingerprint density at radius 1 is 1.56 bits per heavy atom. The lowest BCUT2D eigenvalue weighted by Gasteiger charge is -2.06. The number of hydrogen-bond donors (Lipinski definition) is 3. The van der Waals surface area contributed by atoms with Crippen molar-refractivity contribution in [2.45, 2.75) is 13.8 Å². The van der Waals surface area contributed by atoms with Crippen molar-refractivity contribution in [2.75, 3.05) is 11.9 Å². The van der Waals surface area contributed by atoms with E-state index in [4.69, 9.17) is 5.11 Å². The van der Waals surface area contributed by atoms with Gasteiger partial charge in [-0.3, -0.25) is 0 Å². The summed E-state index contributed by atoms with van der Waals surface area (Å²) >= 11 is 0. The molecule has 0 fully saturated rings. The van der Waals surface area contributed by atoms with Gasteiger partial charge in [0.15, 0.2) is 0 Å². The second kappa shape index (κ2) is 4.87. The van der Waals surface area contributed by atoms with Gasteiger partial charge in [0.05, 0.1) is 5.69 Å². The van der Waals surface area contributed by atoms with Gasteiger partial charge in [-0.15, -0.1) is 0 Å². The van der Waals surface area contributed by atoms with Crippen molar-refractivity contribution < 1.29 is 9.90 Å². The van der Waals surface area contributed by atoms with Gasteiger partial charge in [-0.25, -0.2) is 14.8 Å². The minimum absolute atomic E-state index is 0.146. The quantitative estimate of drug-likeness (QED) is 0.766. The molecule has 0 aliphatic rings. The molecular formula is C12H14N4O2. The van der Waals surface area contributed by atoms with Crippen molar-refractivity contribution in [3.05, 3.63) is 29.7 Å². The number of carbonyl (C=O) groups is 1. The van der Waals surface area contributed by atoms with Gasteiger partial charge in [-0.05, 0) is 25.5 Å². The van der Waals surface area contributed by atoms with Crippen molar-refractivity contribution >= 4 is 11.9 Å². The summed E-state index contributed by atoms with van der Waals surface area (Å²) in [4.78, 5) is 22.0. The highest BCUT2D eigenvalue weighted by Crippen LogP contribution is 2.22. The van der Waals surface area contributed by atoms with E-state index in [2.05, 4.69) is 20.3 Å². The monoisotopic (exact) mass is 246 g/mol. The molecule has 2 heterocycles. The van der Waals surface area contributed by atoms with E-state index in [1.54, 1.807) is 18.5 Å². The number of nitrogens with zero attached hydrogens (tertiary/aromatic N) is 2. The average molecular weight is 246 g/mol. The van der Waals surface area contributed by atoms with Crippen LogP contribution in [-0.2, 0) is 0 Å². The number of aromatic amines is 1. The molecule has 0 aliphatic heterocycles. The fraction of sp³-hybridized carbons (Fsp3) is 0.250. The standard InChI is InChI=1S/C12H14N4O2/c1-3-13-12-15-5-7(2)10(16-12)8-4-9(11(17)18)14-6-8/h4-6,14H,3H2,1-2H3,(H,17,18)(H,13,15,16). The number of aromatic nitrogens is 3. The van der Waals surface area contributed by atoms with Crippen LogP contribution in [-0.4, -0.2) is 32.6 Å². The van der Waals surface area contributed by atoms with E-state index in [0.29, 0.717) is 5.95 Å². The molecule has 0 radical (unpaired) electrons. The third kappa shape index (κ3) is 2.32. The first kappa shape index (κ1) is 12.1. The van der Waals surface area contributed by atoms with Gasteiger partial charge in [0.1, 0.15) is 5.69 Å². The molecule has 2 aromatic heterocycles. The average Bonchev–Trinajstić information content (AvgIpc) is 2.81. The molecule has 6 heteroatoms. The minimum atomic E-state index is -0.986. The summed E-state index contributed by atoms with van der Waals surface area (Å²) in [6.07, 6.45) is 3.35. The molecular weight excluding hydrogens is 232 g/mol. The molecule has 0 aromatic carbocycles. The molecule has 0 atom stereocenters. The van der Waals surface area contributed by atoms with Gasteiger partial charge in [0.2, 0.25) is 5.95 Å². The first-order valence-electron chi connectivity index (χ1n) is 5.61. The van der Waals surface area contributed by atoms with Crippen molar-refractivity contribution in [3.8, 4) is 11.3 Å². The van der Waals surface area contributed by atoms with Gasteiger partial charge in [0, 0.05) is 24.5 Å². The van der Waals surface area contributed by atoms with Gasteiger partial charge < -0.3 is 15.4 Å². The number of nitrogens with one attached hydrogen (secondary N) is 2. The minimum Gasteiger partial charge on any atom is -0.477 e. The first-order chi connectivity index (χ1) is 8.61. The number of H-pyrrole nitrogens is 1. The molecule has 18 heavy (non-hydrogen) atoms. The topological polar surface area (TPSA) is 90.9 Å². The summed E-state index contributed by atoms with van der Waals surface area (Å²) in [5.74, 6) is -0.448. The van der Waals surface area contributed by atoms with Crippen LogP contribution >= 0.6 is 0 Å². The number of aryl methyl sites for hydroxylation is 1. The Morgan fingerprint density at radius 2 is 2.33 bits per heavy atom. The molecule has 0 saturated heterocycles. The predicted octanol–water partition coefficient (Wildman–Crippen LogP) is 1.91. The summed E-state index contributed by atoms with van der Waals surface area (Å²) in [6.45, 7) is 4.58. The maximum Gasteiger partial charge on any atom is 0.352 e. The SMILES string of the molecule is CCNc1ncc(C)c(-c2c[nH]c(C(=O)O)c2)n1. The maximum absolute atomic E-state index is 10.8. The molecule has 0 aliphatic carbocycles. The van der Waals surface area contributed by atoms with Crippen molar-refractivity contribution in [1.29, 1.82) is 0 Å². The highest BCUT2D eigenvalue weighted by atomic mass is 16.4. The van der Waals surface area contributed by atoms with Crippen LogP contribution in [0.2, 0.25) is 0 Å². The molecule has 2 aromatic rings. The molecule has 0 saturated carbocycles. The number of carboxylic acid groups (broad SMARTS) is 1. The Bertz CT molecular complexity index is 577. The fourth-order valence-corrected chi connectivity index (χ4v) is 1.63. The normalized spacial score (nSPS) is 10.3. The Hall–Kier alpha value is -2.37. The highest BCUT2D eigenvalue weighted by Gasteiger charge is 2.11. The van der Waals surface area contributed by atoms with Crippen molar-refractivity contribution in [3.63, 3.8) is 0 Å². The Kier molecular flexibility index (Phi) is 3.27. The zero-order valence-corrected chi connectivity index (χ0v) is 10.2. The zero-order valence-electron chi connectivity index (χ0n) is 10.2. The maximum atomic E-state index is 10.8. The van der Waals surface area contributed by atoms with Gasteiger partial charge in [-0.1, -0.05) is 0 Å². The van der Waals surface area contributed by atoms with Crippen LogP contribution in [0, 0.1) is 6.92 Å². The number of anilines is 1. The van der Waals surface area contributed by atoms with Gasteiger partial charge in [0.25, 0.3) is 0 Å². The van der Waals surface area contributed by atoms with Gasteiger partial charge >= 0.3 is 5.97 Å². The predicted molar refractivity (Wildman–Crippen MR) is 67.7 cm³/mol. The van der Waals surface area contributed by atoms with Crippen LogP contribution in [0.1, 0.15) is 23.0 Å². The smallest absolute Gasteiger partial charge is 0.352 e. The van der Waals surface area contributed by atoms with Crippen molar-refractivity contribution in [2.24, 2.45) is 0 Å². The number of carboxylic acids is 1. The third-order valence-corrected chi connectivity index (χ3v) is 2.49. The van der Waals surface area contributed by atoms with E-state index in [1.807, 2.05) is 13.8 Å². The van der Waals surface area contributed by atoms with Crippen LogP contribution in [0.25, 0.3) is 11.3 Å². The van der Waals surface area contributed by atoms with Crippen molar-refractivity contribution in [1.82, 2.24) is 15.0 Å². The highest BCUT2D eigenvalue weighted by molar-refractivity contribution is 5.87. The Morgan fingerprint density at radius 3 is 2.94 bits per heavy atom. The van der Waals surface area contributed by atoms with Crippen LogP contribution in [0.3, 0.4) is 0 Å². The molecule has 0 spiro atoms. The number of aromatic carboxylic acids is 1. The number of rotatable bonds is 4. The third-order valence-electron chi connectivity index (χ3n) is 2.49. The molecule has 2 rings (SSSR count).